The van der Waals surface area contributed by atoms with Gasteiger partial charge in [0.05, 0.1) is 18.3 Å². The van der Waals surface area contributed by atoms with Crippen LogP contribution < -0.4 is 0 Å². The molecular formula is C20H28O6. The molecule has 26 heavy (non-hydrogen) atoms. The highest BCUT2D eigenvalue weighted by Crippen LogP contribution is 2.63. The van der Waals surface area contributed by atoms with E-state index in [9.17, 15) is 20.1 Å². The van der Waals surface area contributed by atoms with E-state index < -0.39 is 52.9 Å². The molecule has 0 aromatic carbocycles. The summed E-state index contributed by atoms with van der Waals surface area (Å²) in [4.78, 5) is 12.4. The van der Waals surface area contributed by atoms with Gasteiger partial charge in [0.2, 0.25) is 0 Å². The van der Waals surface area contributed by atoms with E-state index >= 15 is 0 Å². The summed E-state index contributed by atoms with van der Waals surface area (Å²) in [6, 6.07) is 0. The van der Waals surface area contributed by atoms with E-state index in [4.69, 9.17) is 9.47 Å². The van der Waals surface area contributed by atoms with E-state index in [1.54, 1.807) is 6.92 Å². The Morgan fingerprint density at radius 2 is 1.85 bits per heavy atom. The van der Waals surface area contributed by atoms with Crippen LogP contribution in [0.25, 0.3) is 0 Å². The van der Waals surface area contributed by atoms with Gasteiger partial charge in [0.15, 0.2) is 17.3 Å². The number of epoxide rings is 1. The number of allylic oxidation sites excluding steroid dienone is 1. The van der Waals surface area contributed by atoms with Crippen molar-refractivity contribution < 1.29 is 29.6 Å². The van der Waals surface area contributed by atoms with Crippen LogP contribution >= 0.6 is 0 Å². The molecular weight excluding hydrogens is 336 g/mol. The van der Waals surface area contributed by atoms with Gasteiger partial charge in [-0.1, -0.05) is 24.1 Å². The molecule has 3 N–H and O–H groups in total. The zero-order chi connectivity index (χ0) is 19.1. The normalized spacial score (nSPS) is 55.5. The minimum atomic E-state index is -1.19. The Labute approximate surface area is 153 Å². The van der Waals surface area contributed by atoms with Crippen molar-refractivity contribution in [2.75, 3.05) is 0 Å². The van der Waals surface area contributed by atoms with Crippen molar-refractivity contribution in [3.05, 3.63) is 23.3 Å². The lowest BCUT2D eigenvalue weighted by Gasteiger charge is -2.50. The van der Waals surface area contributed by atoms with Crippen LogP contribution in [-0.4, -0.2) is 56.9 Å². The van der Waals surface area contributed by atoms with Crippen LogP contribution in [0.4, 0.5) is 0 Å². The number of carbonyl (C=O) groups excluding carboxylic acids is 1. The third-order valence-electron chi connectivity index (χ3n) is 7.39. The molecule has 4 aliphatic rings. The molecule has 0 bridgehead atoms. The van der Waals surface area contributed by atoms with Gasteiger partial charge in [-0.05, 0) is 46.1 Å². The second-order valence-electron chi connectivity index (χ2n) is 8.81. The fraction of sp³-hybridized carbons (Fsp3) is 0.750. The van der Waals surface area contributed by atoms with Crippen LogP contribution in [0.3, 0.4) is 0 Å². The third kappa shape index (κ3) is 1.99. The summed E-state index contributed by atoms with van der Waals surface area (Å²) < 4.78 is 11.4. The summed E-state index contributed by atoms with van der Waals surface area (Å²) in [6.45, 7) is 7.30. The van der Waals surface area contributed by atoms with Crippen LogP contribution in [0, 0.1) is 11.3 Å². The summed E-state index contributed by atoms with van der Waals surface area (Å²) in [7, 11) is 0. The van der Waals surface area contributed by atoms with Crippen molar-refractivity contribution >= 4 is 5.97 Å². The molecule has 0 aromatic heterocycles. The van der Waals surface area contributed by atoms with E-state index in [1.165, 1.54) is 0 Å². The minimum Gasteiger partial charge on any atom is -0.453 e. The van der Waals surface area contributed by atoms with Gasteiger partial charge in [-0.3, -0.25) is 0 Å². The number of carbonyl (C=O) groups is 1. The van der Waals surface area contributed by atoms with E-state index in [2.05, 4.69) is 0 Å². The number of rotatable bonds is 0. The van der Waals surface area contributed by atoms with Crippen molar-refractivity contribution in [3.63, 3.8) is 0 Å². The van der Waals surface area contributed by atoms with Crippen molar-refractivity contribution in [2.24, 2.45) is 11.3 Å². The summed E-state index contributed by atoms with van der Waals surface area (Å²) >= 11 is 0. The second-order valence-corrected chi connectivity index (χ2v) is 8.81. The van der Waals surface area contributed by atoms with Crippen LogP contribution in [-0.2, 0) is 14.3 Å². The highest BCUT2D eigenvalue weighted by Gasteiger charge is 2.85. The molecule has 2 aliphatic heterocycles. The Hall–Kier alpha value is -1.21. The smallest absolute Gasteiger partial charge is 0.342 e. The van der Waals surface area contributed by atoms with Gasteiger partial charge in [0.1, 0.15) is 0 Å². The Balaban J connectivity index is 1.89. The van der Waals surface area contributed by atoms with Crippen LogP contribution in [0.1, 0.15) is 47.0 Å². The van der Waals surface area contributed by atoms with E-state index in [-0.39, 0.29) is 0 Å². The zero-order valence-corrected chi connectivity index (χ0v) is 15.7. The maximum Gasteiger partial charge on any atom is 0.342 e. The predicted octanol–water partition coefficient (Wildman–Crippen LogP) is 1.23. The number of ether oxygens (including phenoxy) is 2. The van der Waals surface area contributed by atoms with Gasteiger partial charge in [-0.2, -0.15) is 0 Å². The molecule has 8 atom stereocenters. The number of hydrogen-bond donors (Lipinski definition) is 3. The molecule has 1 spiro atoms. The van der Waals surface area contributed by atoms with E-state index in [0.29, 0.717) is 19.3 Å². The van der Waals surface area contributed by atoms with Gasteiger partial charge in [0, 0.05) is 11.3 Å². The molecule has 2 saturated heterocycles. The number of esters is 1. The van der Waals surface area contributed by atoms with Crippen molar-refractivity contribution in [1.29, 1.82) is 0 Å². The molecule has 0 unspecified atom stereocenters. The van der Waals surface area contributed by atoms with Gasteiger partial charge >= 0.3 is 5.97 Å². The zero-order valence-electron chi connectivity index (χ0n) is 15.7. The minimum absolute atomic E-state index is 0.432. The molecule has 2 fully saturated rings. The predicted molar refractivity (Wildman–Crippen MR) is 93.1 cm³/mol. The van der Waals surface area contributed by atoms with Crippen LogP contribution in [0.2, 0.25) is 0 Å². The van der Waals surface area contributed by atoms with Gasteiger partial charge in [-0.15, -0.1) is 0 Å². The molecule has 6 heteroatoms. The molecule has 144 valence electrons. The highest BCUT2D eigenvalue weighted by atomic mass is 16.7. The first-order chi connectivity index (χ1) is 12.1. The average Bonchev–Trinajstić information content (AvgIpc) is 3.17. The first kappa shape index (κ1) is 18.2. The number of aliphatic hydroxyl groups excluding tert-OH is 3. The van der Waals surface area contributed by atoms with Gasteiger partial charge < -0.3 is 24.8 Å². The lowest BCUT2D eigenvalue weighted by atomic mass is 9.57. The van der Waals surface area contributed by atoms with Crippen molar-refractivity contribution in [2.45, 2.75) is 82.6 Å². The highest BCUT2D eigenvalue weighted by molar-refractivity contribution is 5.88. The SMILES string of the molecule is CC1=CC[C@H](O)[C@@]2(C)[C@H]1[C@H](O)[C@]13O[C@@]1(C)C(=O)O[C@H]3/C=C(\C)CC[C@@H]2O. The van der Waals surface area contributed by atoms with E-state index in [0.717, 1.165) is 11.1 Å². The number of aliphatic hydroxyl groups is 3. The quantitative estimate of drug-likeness (QED) is 0.340. The monoisotopic (exact) mass is 364 g/mol. The molecule has 0 radical (unpaired) electrons. The number of fused-ring (bicyclic) bond motifs is 1. The van der Waals surface area contributed by atoms with Crippen molar-refractivity contribution in [1.82, 2.24) is 0 Å². The Bertz CT molecular complexity index is 713. The Morgan fingerprint density at radius 1 is 1.15 bits per heavy atom. The molecule has 0 aromatic rings. The van der Waals surface area contributed by atoms with Gasteiger partial charge in [0.25, 0.3) is 0 Å². The first-order valence-corrected chi connectivity index (χ1v) is 9.38. The fourth-order valence-corrected chi connectivity index (χ4v) is 5.49. The van der Waals surface area contributed by atoms with Crippen molar-refractivity contribution in [3.8, 4) is 0 Å². The lowest BCUT2D eigenvalue weighted by molar-refractivity contribution is -0.159. The molecule has 0 saturated carbocycles. The molecule has 2 heterocycles. The Kier molecular flexibility index (Phi) is 3.78. The standard InChI is InChI=1S/C20H28O6/c1-10-5-7-12(21)18(3)13(22)8-6-11(2)15(18)16(23)20-14(9-10)25-17(24)19(20,4)26-20/h6,9,12-16,21-23H,5,7-8H2,1-4H3/b10-9+/t12-,13-,14-,15+,16-,18-,19-,20-/m0/s1. The van der Waals surface area contributed by atoms with Crippen LogP contribution in [0.5, 0.6) is 0 Å². The third-order valence-corrected chi connectivity index (χ3v) is 7.39. The van der Waals surface area contributed by atoms with Crippen LogP contribution in [0.15, 0.2) is 23.3 Å². The largest absolute Gasteiger partial charge is 0.453 e. The number of hydrogen-bond acceptors (Lipinski definition) is 6. The fourth-order valence-electron chi connectivity index (χ4n) is 5.49. The molecule has 0 amide bonds. The first-order valence-electron chi connectivity index (χ1n) is 9.38. The summed E-state index contributed by atoms with van der Waals surface area (Å²) in [6.07, 6.45) is 1.94. The molecule has 4 rings (SSSR count). The van der Waals surface area contributed by atoms with Gasteiger partial charge in [-0.25, -0.2) is 4.79 Å². The van der Waals surface area contributed by atoms with E-state index in [1.807, 2.05) is 32.9 Å². The summed E-state index contributed by atoms with van der Waals surface area (Å²) in [5, 5.41) is 33.3. The maximum absolute atomic E-state index is 12.4. The second kappa shape index (κ2) is 5.41. The maximum atomic E-state index is 12.4. The Morgan fingerprint density at radius 3 is 2.50 bits per heavy atom. The summed E-state index contributed by atoms with van der Waals surface area (Å²) in [5.41, 5.74) is -1.45. The average molecular weight is 364 g/mol. The lowest BCUT2D eigenvalue weighted by Crippen LogP contribution is -2.59. The summed E-state index contributed by atoms with van der Waals surface area (Å²) in [5.74, 6) is -1.00. The molecule has 6 nitrogen and oxygen atoms in total. The molecule has 2 aliphatic carbocycles. The topological polar surface area (TPSA) is 99.5 Å².